The summed E-state index contributed by atoms with van der Waals surface area (Å²) in [4.78, 5) is 20.2. The lowest BCUT2D eigenvalue weighted by atomic mass is 10.1. The largest absolute Gasteiger partial charge is 0.467 e. The predicted octanol–water partition coefficient (Wildman–Crippen LogP) is 3.52. The highest BCUT2D eigenvalue weighted by molar-refractivity contribution is 7.09. The lowest BCUT2D eigenvalue weighted by Crippen LogP contribution is -2.39. The molecule has 2 N–H and O–H groups in total. The zero-order valence-corrected chi connectivity index (χ0v) is 17.5. The van der Waals surface area contributed by atoms with Crippen LogP contribution in [0.4, 0.5) is 0 Å². The molecule has 1 aromatic carbocycles. The second kappa shape index (κ2) is 10.5. The van der Waals surface area contributed by atoms with Gasteiger partial charge in [0.25, 0.3) is 5.91 Å². The minimum absolute atomic E-state index is 0.124. The molecule has 0 saturated heterocycles. The van der Waals surface area contributed by atoms with Crippen molar-refractivity contribution in [1.82, 2.24) is 15.5 Å². The van der Waals surface area contributed by atoms with Gasteiger partial charge in [-0.2, -0.15) is 0 Å². The van der Waals surface area contributed by atoms with E-state index in [0.29, 0.717) is 18.7 Å². The zero-order chi connectivity index (χ0) is 20.5. The average molecular weight is 411 g/mol. The molecule has 0 saturated carbocycles. The van der Waals surface area contributed by atoms with E-state index in [2.05, 4.69) is 38.0 Å². The van der Waals surface area contributed by atoms with Crippen molar-refractivity contribution in [2.75, 3.05) is 20.6 Å². The van der Waals surface area contributed by atoms with Crippen LogP contribution in [0.1, 0.15) is 26.6 Å². The van der Waals surface area contributed by atoms with Crippen molar-refractivity contribution >= 4 is 23.2 Å². The first-order valence-corrected chi connectivity index (χ1v) is 10.4. The van der Waals surface area contributed by atoms with Crippen LogP contribution in [-0.2, 0) is 19.5 Å². The highest BCUT2D eigenvalue weighted by atomic mass is 32.1. The normalized spacial score (nSPS) is 11.3. The first kappa shape index (κ1) is 20.7. The van der Waals surface area contributed by atoms with Crippen molar-refractivity contribution in [3.05, 3.63) is 81.9 Å². The van der Waals surface area contributed by atoms with Crippen LogP contribution in [0.25, 0.3) is 0 Å². The molecule has 0 bridgehead atoms. The minimum atomic E-state index is -0.124. The number of carbonyl (C=O) groups is 1. The van der Waals surface area contributed by atoms with Crippen LogP contribution in [-0.4, -0.2) is 37.4 Å². The molecule has 3 aromatic rings. The van der Waals surface area contributed by atoms with Crippen molar-refractivity contribution < 1.29 is 9.21 Å². The minimum Gasteiger partial charge on any atom is -0.467 e. The quantitative estimate of drug-likeness (QED) is 0.440. The molecule has 7 heteroatoms. The lowest BCUT2D eigenvalue weighted by molar-refractivity contribution is 0.0948. The Morgan fingerprint density at radius 3 is 2.76 bits per heavy atom. The first-order chi connectivity index (χ1) is 14.2. The van der Waals surface area contributed by atoms with Crippen LogP contribution < -0.4 is 10.6 Å². The summed E-state index contributed by atoms with van der Waals surface area (Å²) in [5.74, 6) is 1.43. The molecular formula is C22H26N4O2S. The fraction of sp³-hybridized carbons (Fsp3) is 0.273. The van der Waals surface area contributed by atoms with Crippen LogP contribution in [0.3, 0.4) is 0 Å². The number of benzene rings is 1. The number of nitrogens with zero attached hydrogens (tertiary/aromatic N) is 2. The summed E-state index contributed by atoms with van der Waals surface area (Å²) in [5.41, 5.74) is 1.64. The third-order valence-corrected chi connectivity index (χ3v) is 5.43. The molecule has 2 aromatic heterocycles. The molecule has 3 rings (SSSR count). The Kier molecular flexibility index (Phi) is 7.47. The van der Waals surface area contributed by atoms with Crippen molar-refractivity contribution in [2.45, 2.75) is 19.5 Å². The SMILES string of the molecule is CN=C(NCc1cccc(C(=O)NCc2ccco2)c1)N(C)CCc1cccs1. The molecule has 2 heterocycles. The Balaban J connectivity index is 1.51. The van der Waals surface area contributed by atoms with Gasteiger partial charge >= 0.3 is 0 Å². The van der Waals surface area contributed by atoms with E-state index < -0.39 is 0 Å². The average Bonchev–Trinajstić information content (AvgIpc) is 3.45. The number of thiophene rings is 1. The van der Waals surface area contributed by atoms with Crippen LogP contribution in [0.2, 0.25) is 0 Å². The third-order valence-electron chi connectivity index (χ3n) is 4.49. The van der Waals surface area contributed by atoms with Gasteiger partial charge in [0.2, 0.25) is 0 Å². The molecule has 0 aliphatic carbocycles. The summed E-state index contributed by atoms with van der Waals surface area (Å²) in [7, 11) is 3.81. The Morgan fingerprint density at radius 2 is 2.03 bits per heavy atom. The monoisotopic (exact) mass is 410 g/mol. The standard InChI is InChI=1S/C22H26N4O2S/c1-23-22(26(2)11-10-20-9-5-13-29-20)25-15-17-6-3-7-18(14-17)21(27)24-16-19-8-4-12-28-19/h3-9,12-14H,10-11,15-16H2,1-2H3,(H,23,25)(H,24,27). The number of nitrogens with one attached hydrogen (secondary N) is 2. The van der Waals surface area contributed by atoms with Crippen LogP contribution in [0, 0.1) is 0 Å². The molecule has 29 heavy (non-hydrogen) atoms. The van der Waals surface area contributed by atoms with Gasteiger partial charge in [-0.25, -0.2) is 0 Å². The van der Waals surface area contributed by atoms with Gasteiger partial charge in [-0.1, -0.05) is 18.2 Å². The van der Waals surface area contributed by atoms with E-state index in [9.17, 15) is 4.79 Å². The van der Waals surface area contributed by atoms with E-state index in [1.165, 1.54) is 4.88 Å². The van der Waals surface area contributed by atoms with Gasteiger partial charge in [-0.3, -0.25) is 9.79 Å². The molecular weight excluding hydrogens is 384 g/mol. The third kappa shape index (κ3) is 6.22. The number of amides is 1. The van der Waals surface area contributed by atoms with E-state index in [4.69, 9.17) is 4.42 Å². The fourth-order valence-corrected chi connectivity index (χ4v) is 3.61. The van der Waals surface area contributed by atoms with Crippen molar-refractivity contribution in [2.24, 2.45) is 4.99 Å². The second-order valence-corrected chi connectivity index (χ2v) is 7.65. The maximum Gasteiger partial charge on any atom is 0.251 e. The van der Waals surface area contributed by atoms with Crippen molar-refractivity contribution in [1.29, 1.82) is 0 Å². The molecule has 152 valence electrons. The highest BCUT2D eigenvalue weighted by Crippen LogP contribution is 2.10. The van der Waals surface area contributed by atoms with E-state index in [1.54, 1.807) is 30.7 Å². The van der Waals surface area contributed by atoms with Crippen LogP contribution in [0.5, 0.6) is 0 Å². The molecule has 0 radical (unpaired) electrons. The maximum absolute atomic E-state index is 12.4. The van der Waals surface area contributed by atoms with Crippen molar-refractivity contribution in [3.63, 3.8) is 0 Å². The summed E-state index contributed by atoms with van der Waals surface area (Å²) >= 11 is 1.77. The number of hydrogen-bond acceptors (Lipinski definition) is 4. The Labute approximate surface area is 175 Å². The summed E-state index contributed by atoms with van der Waals surface area (Å²) < 4.78 is 5.24. The zero-order valence-electron chi connectivity index (χ0n) is 16.7. The molecule has 0 atom stereocenters. The van der Waals surface area contributed by atoms with Gasteiger partial charge in [0.1, 0.15) is 5.76 Å². The van der Waals surface area contributed by atoms with Gasteiger partial charge in [0.05, 0.1) is 12.8 Å². The van der Waals surface area contributed by atoms with E-state index in [1.807, 2.05) is 37.4 Å². The molecule has 0 aliphatic rings. The van der Waals surface area contributed by atoms with Gasteiger partial charge in [0, 0.05) is 37.6 Å². The van der Waals surface area contributed by atoms with E-state index in [-0.39, 0.29) is 5.91 Å². The molecule has 6 nitrogen and oxygen atoms in total. The summed E-state index contributed by atoms with van der Waals surface area (Å²) in [6.07, 6.45) is 2.58. The van der Waals surface area contributed by atoms with E-state index >= 15 is 0 Å². The number of hydrogen-bond donors (Lipinski definition) is 2. The first-order valence-electron chi connectivity index (χ1n) is 9.49. The van der Waals surface area contributed by atoms with Crippen LogP contribution in [0.15, 0.2) is 69.6 Å². The topological polar surface area (TPSA) is 69.9 Å². The number of furan rings is 1. The van der Waals surface area contributed by atoms with Gasteiger partial charge in [-0.15, -0.1) is 11.3 Å². The number of guanidine groups is 1. The highest BCUT2D eigenvalue weighted by Gasteiger charge is 2.09. The summed E-state index contributed by atoms with van der Waals surface area (Å²) in [6, 6.07) is 15.4. The van der Waals surface area contributed by atoms with Gasteiger partial charge < -0.3 is 20.0 Å². The summed E-state index contributed by atoms with van der Waals surface area (Å²) in [6.45, 7) is 1.85. The molecule has 0 fully saturated rings. The molecule has 0 unspecified atom stereocenters. The van der Waals surface area contributed by atoms with Gasteiger partial charge in [0.15, 0.2) is 5.96 Å². The lowest BCUT2D eigenvalue weighted by Gasteiger charge is -2.22. The summed E-state index contributed by atoms with van der Waals surface area (Å²) in [5, 5.41) is 8.33. The van der Waals surface area contributed by atoms with Gasteiger partial charge in [-0.05, 0) is 47.7 Å². The number of likely N-dealkylation sites (N-methyl/N-ethyl adjacent to an activating group) is 1. The maximum atomic E-state index is 12.4. The number of aliphatic imine (C=N–C) groups is 1. The van der Waals surface area contributed by atoms with E-state index in [0.717, 1.165) is 30.2 Å². The predicted molar refractivity (Wildman–Crippen MR) is 117 cm³/mol. The number of carbonyl (C=O) groups excluding carboxylic acids is 1. The smallest absolute Gasteiger partial charge is 0.251 e. The number of rotatable bonds is 8. The molecule has 0 aliphatic heterocycles. The molecule has 1 amide bonds. The van der Waals surface area contributed by atoms with Crippen LogP contribution >= 0.6 is 11.3 Å². The van der Waals surface area contributed by atoms with Crippen molar-refractivity contribution in [3.8, 4) is 0 Å². The fourth-order valence-electron chi connectivity index (χ4n) is 2.91. The molecule has 0 spiro atoms. The second-order valence-electron chi connectivity index (χ2n) is 6.61. The Morgan fingerprint density at radius 1 is 1.14 bits per heavy atom. The Hall–Kier alpha value is -3.06. The Bertz CT molecular complexity index is 920.